The van der Waals surface area contributed by atoms with E-state index in [4.69, 9.17) is 21.1 Å². The molecule has 8 nitrogen and oxygen atoms in total. The Morgan fingerprint density at radius 1 is 1.15 bits per heavy atom. The average molecular weight is 477 g/mol. The molecule has 172 valence electrons. The number of carbonyl (C=O) groups is 1. The Balaban J connectivity index is 1.35. The molecule has 0 atom stereocenters. The molecule has 1 heterocycles. The van der Waals surface area contributed by atoms with Crippen molar-refractivity contribution in [1.29, 1.82) is 0 Å². The molecule has 0 spiro atoms. The Labute approximate surface area is 200 Å². The van der Waals surface area contributed by atoms with Crippen LogP contribution in [0.4, 0.5) is 0 Å². The summed E-state index contributed by atoms with van der Waals surface area (Å²) in [5.74, 6) is 0.584. The highest BCUT2D eigenvalue weighted by Crippen LogP contribution is 2.26. The minimum Gasteiger partial charge on any atom is -0.504 e. The zero-order chi connectivity index (χ0) is 23.9. The van der Waals surface area contributed by atoms with Crippen LogP contribution in [-0.2, 0) is 6.61 Å². The van der Waals surface area contributed by atoms with Gasteiger partial charge in [-0.1, -0.05) is 29.8 Å². The van der Waals surface area contributed by atoms with Gasteiger partial charge in [0.2, 0.25) is 0 Å². The number of phenols is 1. The zero-order valence-electron chi connectivity index (χ0n) is 18.2. The molecule has 4 aromatic rings. The predicted octanol–water partition coefficient (Wildman–Crippen LogP) is 4.79. The molecule has 0 saturated heterocycles. The first-order chi connectivity index (χ1) is 16.5. The highest BCUT2D eigenvalue weighted by molar-refractivity contribution is 6.31. The standard InChI is InChI=1S/C25H21ClN4O4/c1-33-24-12-16(6-11-23(24)31)14-27-30-25(32)22-13-21(28-29-22)17-7-9-19(10-8-17)34-15-18-4-2-3-5-20(18)26/h2-14,31H,15H2,1H3,(H,28,29)(H,30,32). The minimum atomic E-state index is -0.444. The summed E-state index contributed by atoms with van der Waals surface area (Å²) in [5, 5.41) is 21.1. The molecule has 0 fully saturated rings. The van der Waals surface area contributed by atoms with E-state index in [0.717, 1.165) is 11.1 Å². The van der Waals surface area contributed by atoms with Crippen molar-refractivity contribution in [3.05, 3.63) is 94.6 Å². The van der Waals surface area contributed by atoms with E-state index in [9.17, 15) is 9.90 Å². The molecule has 3 aromatic carbocycles. The maximum absolute atomic E-state index is 12.4. The largest absolute Gasteiger partial charge is 0.504 e. The molecule has 0 radical (unpaired) electrons. The fourth-order valence-corrected chi connectivity index (χ4v) is 3.27. The molecule has 0 aliphatic heterocycles. The van der Waals surface area contributed by atoms with Gasteiger partial charge in [-0.15, -0.1) is 0 Å². The number of methoxy groups -OCH3 is 1. The number of rotatable bonds is 8. The number of aromatic amines is 1. The van der Waals surface area contributed by atoms with Gasteiger partial charge >= 0.3 is 0 Å². The molecule has 0 aliphatic rings. The van der Waals surface area contributed by atoms with E-state index in [1.54, 1.807) is 18.2 Å². The summed E-state index contributed by atoms with van der Waals surface area (Å²) >= 11 is 6.16. The number of hydrazone groups is 1. The molecule has 4 rings (SSSR count). The normalized spacial score (nSPS) is 10.9. The Kier molecular flexibility index (Phi) is 7.10. The topological polar surface area (TPSA) is 109 Å². The number of aromatic hydroxyl groups is 1. The van der Waals surface area contributed by atoms with Crippen molar-refractivity contribution in [3.63, 3.8) is 0 Å². The van der Waals surface area contributed by atoms with E-state index < -0.39 is 5.91 Å². The Morgan fingerprint density at radius 3 is 2.71 bits per heavy atom. The van der Waals surface area contributed by atoms with Crippen LogP contribution in [0.2, 0.25) is 5.02 Å². The number of halogens is 1. The van der Waals surface area contributed by atoms with Crippen LogP contribution in [-0.4, -0.2) is 34.5 Å². The number of nitrogens with zero attached hydrogens (tertiary/aromatic N) is 2. The van der Waals surface area contributed by atoms with Gasteiger partial charge in [0.25, 0.3) is 5.91 Å². The molecule has 0 aliphatic carbocycles. The highest BCUT2D eigenvalue weighted by Gasteiger charge is 2.11. The number of H-pyrrole nitrogens is 1. The zero-order valence-corrected chi connectivity index (χ0v) is 18.9. The van der Waals surface area contributed by atoms with Crippen molar-refractivity contribution in [2.45, 2.75) is 6.61 Å². The van der Waals surface area contributed by atoms with E-state index >= 15 is 0 Å². The Morgan fingerprint density at radius 2 is 1.94 bits per heavy atom. The second-order valence-corrected chi connectivity index (χ2v) is 7.61. The first kappa shape index (κ1) is 22.9. The summed E-state index contributed by atoms with van der Waals surface area (Å²) in [5.41, 5.74) is 5.68. The highest BCUT2D eigenvalue weighted by atomic mass is 35.5. The van der Waals surface area contributed by atoms with Gasteiger partial charge in [0.05, 0.1) is 19.0 Å². The van der Waals surface area contributed by atoms with E-state index in [-0.39, 0.29) is 11.4 Å². The van der Waals surface area contributed by atoms with E-state index in [2.05, 4.69) is 20.7 Å². The van der Waals surface area contributed by atoms with Crippen molar-refractivity contribution < 1.29 is 19.4 Å². The van der Waals surface area contributed by atoms with Crippen LogP contribution in [0.25, 0.3) is 11.3 Å². The van der Waals surface area contributed by atoms with Crippen molar-refractivity contribution in [2.24, 2.45) is 5.10 Å². The van der Waals surface area contributed by atoms with Crippen molar-refractivity contribution >= 4 is 23.7 Å². The van der Waals surface area contributed by atoms with Crippen LogP contribution in [0.3, 0.4) is 0 Å². The lowest BCUT2D eigenvalue weighted by Gasteiger charge is -2.08. The van der Waals surface area contributed by atoms with Gasteiger partial charge in [-0.3, -0.25) is 9.89 Å². The summed E-state index contributed by atoms with van der Waals surface area (Å²) in [7, 11) is 1.45. The van der Waals surface area contributed by atoms with Crippen LogP contribution in [0.5, 0.6) is 17.2 Å². The smallest absolute Gasteiger partial charge is 0.289 e. The fourth-order valence-electron chi connectivity index (χ4n) is 3.08. The van der Waals surface area contributed by atoms with Gasteiger partial charge in [0.1, 0.15) is 18.1 Å². The molecular weight excluding hydrogens is 456 g/mol. The molecule has 34 heavy (non-hydrogen) atoms. The van der Waals surface area contributed by atoms with Crippen LogP contribution < -0.4 is 14.9 Å². The number of aromatic nitrogens is 2. The van der Waals surface area contributed by atoms with Crippen LogP contribution in [0, 0.1) is 0 Å². The van der Waals surface area contributed by atoms with E-state index in [1.165, 1.54) is 19.4 Å². The predicted molar refractivity (Wildman–Crippen MR) is 130 cm³/mol. The lowest BCUT2D eigenvalue weighted by atomic mass is 10.1. The van der Waals surface area contributed by atoms with Gasteiger partial charge in [-0.25, -0.2) is 5.43 Å². The third-order valence-electron chi connectivity index (χ3n) is 4.91. The number of benzene rings is 3. The second kappa shape index (κ2) is 10.5. The monoisotopic (exact) mass is 476 g/mol. The number of hydrogen-bond donors (Lipinski definition) is 3. The molecule has 0 bridgehead atoms. The molecule has 9 heteroatoms. The summed E-state index contributed by atoms with van der Waals surface area (Å²) in [4.78, 5) is 12.4. The average Bonchev–Trinajstić information content (AvgIpc) is 3.35. The quantitative estimate of drug-likeness (QED) is 0.250. The molecular formula is C25H21ClN4O4. The molecule has 1 aromatic heterocycles. The molecule has 0 saturated carbocycles. The Hall–Kier alpha value is -4.30. The second-order valence-electron chi connectivity index (χ2n) is 7.20. The third kappa shape index (κ3) is 5.54. The number of amides is 1. The van der Waals surface area contributed by atoms with Crippen molar-refractivity contribution in [2.75, 3.05) is 7.11 Å². The SMILES string of the molecule is COc1cc(C=NNC(=O)c2cc(-c3ccc(OCc4ccccc4Cl)cc3)n[nH]2)ccc1O. The van der Waals surface area contributed by atoms with Gasteiger partial charge in [0.15, 0.2) is 11.5 Å². The lowest BCUT2D eigenvalue weighted by molar-refractivity contribution is 0.0950. The van der Waals surface area contributed by atoms with Crippen LogP contribution >= 0.6 is 11.6 Å². The van der Waals surface area contributed by atoms with Crippen LogP contribution in [0.1, 0.15) is 21.6 Å². The first-order valence-electron chi connectivity index (χ1n) is 10.3. The van der Waals surface area contributed by atoms with Gasteiger partial charge in [-0.05, 0) is 60.2 Å². The van der Waals surface area contributed by atoms with Gasteiger partial charge in [-0.2, -0.15) is 10.2 Å². The Bertz CT molecular complexity index is 1320. The van der Waals surface area contributed by atoms with Gasteiger partial charge in [0, 0.05) is 16.1 Å². The maximum Gasteiger partial charge on any atom is 0.289 e. The third-order valence-corrected chi connectivity index (χ3v) is 5.28. The number of hydrogen-bond acceptors (Lipinski definition) is 6. The lowest BCUT2D eigenvalue weighted by Crippen LogP contribution is -2.18. The van der Waals surface area contributed by atoms with Crippen molar-refractivity contribution in [1.82, 2.24) is 15.6 Å². The number of carbonyl (C=O) groups excluding carboxylic acids is 1. The molecule has 3 N–H and O–H groups in total. The van der Waals surface area contributed by atoms with Crippen molar-refractivity contribution in [3.8, 4) is 28.5 Å². The van der Waals surface area contributed by atoms with E-state index in [1.807, 2.05) is 48.5 Å². The van der Waals surface area contributed by atoms with E-state index in [0.29, 0.717) is 34.4 Å². The first-order valence-corrected chi connectivity index (χ1v) is 10.6. The molecule has 1 amide bonds. The molecule has 0 unspecified atom stereocenters. The maximum atomic E-state index is 12.4. The van der Waals surface area contributed by atoms with Crippen LogP contribution in [0.15, 0.2) is 77.9 Å². The number of ether oxygens (including phenoxy) is 2. The minimum absolute atomic E-state index is 0.0221. The summed E-state index contributed by atoms with van der Waals surface area (Å²) < 4.78 is 10.8. The number of phenolic OH excluding ortho intramolecular Hbond substituents is 1. The summed E-state index contributed by atoms with van der Waals surface area (Å²) in [6.07, 6.45) is 1.44. The summed E-state index contributed by atoms with van der Waals surface area (Å²) in [6, 6.07) is 21.3. The number of nitrogens with one attached hydrogen (secondary N) is 2. The fraction of sp³-hybridized carbons (Fsp3) is 0.0800. The van der Waals surface area contributed by atoms with Gasteiger partial charge < -0.3 is 14.6 Å². The summed E-state index contributed by atoms with van der Waals surface area (Å²) in [6.45, 7) is 0.364.